The van der Waals surface area contributed by atoms with Crippen molar-refractivity contribution in [3.63, 3.8) is 0 Å². The number of aliphatic hydroxyl groups excluding tert-OH is 1. The molecule has 0 spiro atoms. The van der Waals surface area contributed by atoms with Gasteiger partial charge in [0.2, 0.25) is 5.91 Å². The average Bonchev–Trinajstić information content (AvgIpc) is 2.29. The van der Waals surface area contributed by atoms with E-state index in [-0.39, 0.29) is 17.8 Å². The van der Waals surface area contributed by atoms with Gasteiger partial charge in [0, 0.05) is 16.0 Å². The SMILES string of the molecule is Cc1cc(Cl)ccc1NC(=O)CSC(C)CO. The van der Waals surface area contributed by atoms with Crippen LogP contribution in [0.25, 0.3) is 0 Å². The smallest absolute Gasteiger partial charge is 0.234 e. The lowest BCUT2D eigenvalue weighted by molar-refractivity contribution is -0.113. The highest BCUT2D eigenvalue weighted by atomic mass is 35.5. The molecule has 5 heteroatoms. The van der Waals surface area contributed by atoms with E-state index in [0.717, 1.165) is 11.3 Å². The van der Waals surface area contributed by atoms with Crippen LogP contribution >= 0.6 is 23.4 Å². The van der Waals surface area contributed by atoms with Crippen LogP contribution in [0.4, 0.5) is 5.69 Å². The number of hydrogen-bond acceptors (Lipinski definition) is 3. The van der Waals surface area contributed by atoms with Gasteiger partial charge in [-0.2, -0.15) is 0 Å². The lowest BCUT2D eigenvalue weighted by atomic mass is 10.2. The number of rotatable bonds is 5. The molecule has 0 heterocycles. The minimum Gasteiger partial charge on any atom is -0.395 e. The van der Waals surface area contributed by atoms with Crippen molar-refractivity contribution in [2.45, 2.75) is 19.1 Å². The molecule has 0 radical (unpaired) electrons. The Hall–Kier alpha value is -0.710. The van der Waals surface area contributed by atoms with Gasteiger partial charge in [-0.1, -0.05) is 18.5 Å². The number of thioether (sulfide) groups is 1. The first-order chi connectivity index (χ1) is 8.02. The Labute approximate surface area is 111 Å². The molecule has 1 rings (SSSR count). The molecular formula is C12H16ClNO2S. The molecule has 3 nitrogen and oxygen atoms in total. The minimum atomic E-state index is -0.0688. The lowest BCUT2D eigenvalue weighted by Gasteiger charge is -2.10. The number of nitrogens with one attached hydrogen (secondary N) is 1. The monoisotopic (exact) mass is 273 g/mol. The zero-order chi connectivity index (χ0) is 12.8. The molecule has 2 N–H and O–H groups in total. The number of halogens is 1. The third-order valence-corrected chi connectivity index (χ3v) is 3.60. The van der Waals surface area contributed by atoms with Crippen molar-refractivity contribution in [2.24, 2.45) is 0 Å². The van der Waals surface area contributed by atoms with Crippen LogP contribution in [0.5, 0.6) is 0 Å². The fraction of sp³-hybridized carbons (Fsp3) is 0.417. The molecule has 17 heavy (non-hydrogen) atoms. The second-order valence-corrected chi connectivity index (χ2v) is 5.67. The summed E-state index contributed by atoms with van der Waals surface area (Å²) in [5.74, 6) is 0.268. The summed E-state index contributed by atoms with van der Waals surface area (Å²) >= 11 is 7.26. The third kappa shape index (κ3) is 4.98. The predicted octanol–water partition coefficient (Wildman–Crippen LogP) is 2.70. The summed E-state index contributed by atoms with van der Waals surface area (Å²) in [6.45, 7) is 3.86. The molecule has 0 aliphatic heterocycles. The van der Waals surface area contributed by atoms with Crippen LogP contribution < -0.4 is 5.32 Å². The molecule has 94 valence electrons. The van der Waals surface area contributed by atoms with E-state index < -0.39 is 0 Å². The molecule has 0 saturated carbocycles. The van der Waals surface area contributed by atoms with Gasteiger partial charge in [0.15, 0.2) is 0 Å². The Balaban J connectivity index is 2.50. The van der Waals surface area contributed by atoms with Gasteiger partial charge in [0.05, 0.1) is 12.4 Å². The number of carbonyl (C=O) groups is 1. The van der Waals surface area contributed by atoms with E-state index in [1.165, 1.54) is 11.8 Å². The minimum absolute atomic E-state index is 0.0688. The molecule has 1 atom stereocenters. The van der Waals surface area contributed by atoms with Gasteiger partial charge in [-0.05, 0) is 30.7 Å². The van der Waals surface area contributed by atoms with Crippen LogP contribution in [-0.4, -0.2) is 28.6 Å². The number of carbonyl (C=O) groups excluding carboxylic acids is 1. The maximum Gasteiger partial charge on any atom is 0.234 e. The van der Waals surface area contributed by atoms with E-state index in [2.05, 4.69) is 5.32 Å². The standard InChI is InChI=1S/C12H16ClNO2S/c1-8-5-10(13)3-4-11(8)14-12(16)7-17-9(2)6-15/h3-5,9,15H,6-7H2,1-2H3,(H,14,16). The number of aliphatic hydroxyl groups is 1. The quantitative estimate of drug-likeness (QED) is 0.867. The normalized spacial score (nSPS) is 12.2. The zero-order valence-corrected chi connectivity index (χ0v) is 11.4. The number of amides is 1. The second-order valence-electron chi connectivity index (χ2n) is 3.81. The Bertz CT molecular complexity index is 398. The summed E-state index contributed by atoms with van der Waals surface area (Å²) in [6, 6.07) is 5.34. The highest BCUT2D eigenvalue weighted by molar-refractivity contribution is 8.00. The fourth-order valence-electron chi connectivity index (χ4n) is 1.22. The summed E-state index contributed by atoms with van der Waals surface area (Å²) < 4.78 is 0. The average molecular weight is 274 g/mol. The van der Waals surface area contributed by atoms with E-state index in [4.69, 9.17) is 16.7 Å². The van der Waals surface area contributed by atoms with E-state index in [0.29, 0.717) is 10.8 Å². The van der Waals surface area contributed by atoms with E-state index in [9.17, 15) is 4.79 Å². The molecule has 0 saturated heterocycles. The Morgan fingerprint density at radius 1 is 1.59 bits per heavy atom. The molecule has 0 bridgehead atoms. The van der Waals surface area contributed by atoms with Crippen LogP contribution in [0.1, 0.15) is 12.5 Å². The van der Waals surface area contributed by atoms with Crippen molar-refractivity contribution in [3.8, 4) is 0 Å². The van der Waals surface area contributed by atoms with Crippen LogP contribution in [0.2, 0.25) is 5.02 Å². The van der Waals surface area contributed by atoms with Crippen LogP contribution in [0.3, 0.4) is 0 Å². The third-order valence-electron chi connectivity index (χ3n) is 2.22. The number of benzene rings is 1. The van der Waals surface area contributed by atoms with Gasteiger partial charge in [0.25, 0.3) is 0 Å². The van der Waals surface area contributed by atoms with Crippen molar-refractivity contribution >= 4 is 35.0 Å². The summed E-state index contributed by atoms with van der Waals surface area (Å²) in [5.41, 5.74) is 1.71. The molecule has 1 unspecified atom stereocenters. The fourth-order valence-corrected chi connectivity index (χ4v) is 2.06. The Morgan fingerprint density at radius 3 is 2.88 bits per heavy atom. The van der Waals surface area contributed by atoms with Gasteiger partial charge in [0.1, 0.15) is 0 Å². The molecule has 0 aromatic heterocycles. The van der Waals surface area contributed by atoms with E-state index >= 15 is 0 Å². The first kappa shape index (κ1) is 14.4. The van der Waals surface area contributed by atoms with Crippen molar-refractivity contribution in [1.29, 1.82) is 0 Å². The van der Waals surface area contributed by atoms with Gasteiger partial charge in [-0.15, -0.1) is 11.8 Å². The van der Waals surface area contributed by atoms with Crippen molar-refractivity contribution < 1.29 is 9.90 Å². The maximum absolute atomic E-state index is 11.6. The number of anilines is 1. The molecule has 0 aliphatic rings. The Morgan fingerprint density at radius 2 is 2.29 bits per heavy atom. The lowest BCUT2D eigenvalue weighted by Crippen LogP contribution is -2.17. The zero-order valence-electron chi connectivity index (χ0n) is 9.87. The molecule has 1 amide bonds. The largest absolute Gasteiger partial charge is 0.395 e. The van der Waals surface area contributed by atoms with Crippen molar-refractivity contribution in [3.05, 3.63) is 28.8 Å². The van der Waals surface area contributed by atoms with Crippen molar-refractivity contribution in [2.75, 3.05) is 17.7 Å². The van der Waals surface area contributed by atoms with Gasteiger partial charge >= 0.3 is 0 Å². The van der Waals surface area contributed by atoms with Gasteiger partial charge in [-0.3, -0.25) is 4.79 Å². The molecular weight excluding hydrogens is 258 g/mol. The first-order valence-corrected chi connectivity index (χ1v) is 6.74. The summed E-state index contributed by atoms with van der Waals surface area (Å²) in [6.07, 6.45) is 0. The summed E-state index contributed by atoms with van der Waals surface area (Å²) in [4.78, 5) is 11.6. The van der Waals surface area contributed by atoms with E-state index in [1.54, 1.807) is 18.2 Å². The predicted molar refractivity (Wildman–Crippen MR) is 73.8 cm³/mol. The Kier molecular flexibility index (Phi) is 5.82. The topological polar surface area (TPSA) is 49.3 Å². The van der Waals surface area contributed by atoms with Gasteiger partial charge in [-0.25, -0.2) is 0 Å². The second kappa shape index (κ2) is 6.89. The maximum atomic E-state index is 11.6. The molecule has 1 aromatic rings. The van der Waals surface area contributed by atoms with Gasteiger partial charge < -0.3 is 10.4 Å². The number of hydrogen-bond donors (Lipinski definition) is 2. The van der Waals surface area contributed by atoms with Crippen LogP contribution in [0.15, 0.2) is 18.2 Å². The van der Waals surface area contributed by atoms with E-state index in [1.807, 2.05) is 13.8 Å². The molecule has 0 fully saturated rings. The number of aryl methyl sites for hydroxylation is 1. The van der Waals surface area contributed by atoms with Crippen molar-refractivity contribution in [1.82, 2.24) is 0 Å². The summed E-state index contributed by atoms with van der Waals surface area (Å²) in [5, 5.41) is 12.4. The molecule has 0 aliphatic carbocycles. The summed E-state index contributed by atoms with van der Waals surface area (Å²) in [7, 11) is 0. The highest BCUT2D eigenvalue weighted by Crippen LogP contribution is 2.20. The highest BCUT2D eigenvalue weighted by Gasteiger charge is 2.08. The first-order valence-electron chi connectivity index (χ1n) is 5.31. The molecule has 1 aromatic carbocycles. The van der Waals surface area contributed by atoms with Crippen LogP contribution in [-0.2, 0) is 4.79 Å². The van der Waals surface area contributed by atoms with Crippen LogP contribution in [0, 0.1) is 6.92 Å².